The molecule has 0 fully saturated rings. The average Bonchev–Trinajstić information content (AvgIpc) is 2.69. The first-order valence-corrected chi connectivity index (χ1v) is 8.72. The SMILES string of the molecule is Brc1ccc(-c2nnc(-c3ccccc3)c(-c3ccccc3)n2)cc1. The molecule has 0 radical (unpaired) electrons. The van der Waals surface area contributed by atoms with Gasteiger partial charge in [0.1, 0.15) is 11.4 Å². The molecule has 0 unspecified atom stereocenters. The molecule has 25 heavy (non-hydrogen) atoms. The third-order valence-electron chi connectivity index (χ3n) is 3.88. The van der Waals surface area contributed by atoms with Crippen LogP contribution in [-0.2, 0) is 0 Å². The summed E-state index contributed by atoms with van der Waals surface area (Å²) in [5.74, 6) is 0.617. The fraction of sp³-hybridized carbons (Fsp3) is 0. The fourth-order valence-electron chi connectivity index (χ4n) is 2.63. The zero-order chi connectivity index (χ0) is 17.1. The van der Waals surface area contributed by atoms with Crippen molar-refractivity contribution < 1.29 is 0 Å². The Morgan fingerprint density at radius 2 is 1.08 bits per heavy atom. The molecule has 3 nitrogen and oxygen atoms in total. The van der Waals surface area contributed by atoms with Crippen LogP contribution in [0.15, 0.2) is 89.4 Å². The Morgan fingerprint density at radius 3 is 1.68 bits per heavy atom. The Balaban J connectivity index is 1.90. The summed E-state index contributed by atoms with van der Waals surface area (Å²) in [5, 5.41) is 8.86. The minimum absolute atomic E-state index is 0.617. The Labute approximate surface area is 154 Å². The molecule has 0 aliphatic heterocycles. The van der Waals surface area contributed by atoms with Gasteiger partial charge in [-0.3, -0.25) is 0 Å². The first-order valence-electron chi connectivity index (χ1n) is 7.93. The second kappa shape index (κ2) is 6.95. The molecule has 4 heteroatoms. The van der Waals surface area contributed by atoms with Crippen LogP contribution in [0.2, 0.25) is 0 Å². The van der Waals surface area contributed by atoms with Crippen LogP contribution in [0.25, 0.3) is 33.9 Å². The van der Waals surface area contributed by atoms with Crippen molar-refractivity contribution in [3.05, 3.63) is 89.4 Å². The van der Waals surface area contributed by atoms with E-state index >= 15 is 0 Å². The van der Waals surface area contributed by atoms with Gasteiger partial charge in [0.15, 0.2) is 5.82 Å². The van der Waals surface area contributed by atoms with Crippen LogP contribution in [0, 0.1) is 0 Å². The molecule has 0 amide bonds. The van der Waals surface area contributed by atoms with Gasteiger partial charge in [0.25, 0.3) is 0 Å². The normalized spacial score (nSPS) is 10.6. The van der Waals surface area contributed by atoms with Gasteiger partial charge in [-0.2, -0.15) is 0 Å². The molecule has 0 bridgehead atoms. The second-order valence-electron chi connectivity index (χ2n) is 5.57. The van der Waals surface area contributed by atoms with Gasteiger partial charge >= 0.3 is 0 Å². The monoisotopic (exact) mass is 387 g/mol. The molecular formula is C21H14BrN3. The Kier molecular flexibility index (Phi) is 4.36. The Morgan fingerprint density at radius 1 is 0.520 bits per heavy atom. The number of nitrogens with zero attached hydrogens (tertiary/aromatic N) is 3. The summed E-state index contributed by atoms with van der Waals surface area (Å²) in [6.07, 6.45) is 0. The van der Waals surface area contributed by atoms with Crippen molar-refractivity contribution in [1.29, 1.82) is 0 Å². The van der Waals surface area contributed by atoms with Gasteiger partial charge in [0.2, 0.25) is 0 Å². The van der Waals surface area contributed by atoms with E-state index in [1.54, 1.807) is 0 Å². The zero-order valence-corrected chi connectivity index (χ0v) is 14.9. The summed E-state index contributed by atoms with van der Waals surface area (Å²) in [6, 6.07) is 28.0. The van der Waals surface area contributed by atoms with E-state index in [1.165, 1.54) is 0 Å². The molecule has 120 valence electrons. The van der Waals surface area contributed by atoms with Crippen molar-refractivity contribution in [2.75, 3.05) is 0 Å². The summed E-state index contributed by atoms with van der Waals surface area (Å²) in [4.78, 5) is 4.83. The summed E-state index contributed by atoms with van der Waals surface area (Å²) >= 11 is 3.45. The van der Waals surface area contributed by atoms with Gasteiger partial charge in [-0.1, -0.05) is 88.7 Å². The summed E-state index contributed by atoms with van der Waals surface area (Å²) < 4.78 is 1.02. The lowest BCUT2D eigenvalue weighted by molar-refractivity contribution is 0.991. The standard InChI is InChI=1S/C21H14BrN3/c22-18-13-11-17(12-14-18)21-23-19(15-7-3-1-4-8-15)20(24-25-21)16-9-5-2-6-10-16/h1-14H. The third kappa shape index (κ3) is 3.35. The van der Waals surface area contributed by atoms with Gasteiger partial charge in [-0.15, -0.1) is 10.2 Å². The first-order chi connectivity index (χ1) is 12.3. The number of rotatable bonds is 3. The highest BCUT2D eigenvalue weighted by Crippen LogP contribution is 2.30. The highest BCUT2D eigenvalue weighted by Gasteiger charge is 2.14. The maximum atomic E-state index is 4.83. The van der Waals surface area contributed by atoms with E-state index < -0.39 is 0 Å². The van der Waals surface area contributed by atoms with Gasteiger partial charge < -0.3 is 0 Å². The smallest absolute Gasteiger partial charge is 0.182 e. The van der Waals surface area contributed by atoms with Crippen LogP contribution in [0.1, 0.15) is 0 Å². The molecule has 0 saturated carbocycles. The molecule has 0 aliphatic rings. The molecule has 4 rings (SSSR count). The second-order valence-corrected chi connectivity index (χ2v) is 6.49. The number of hydrogen-bond acceptors (Lipinski definition) is 3. The lowest BCUT2D eigenvalue weighted by Gasteiger charge is -2.09. The van der Waals surface area contributed by atoms with Crippen LogP contribution in [0.4, 0.5) is 0 Å². The van der Waals surface area contributed by atoms with Gasteiger partial charge in [-0.05, 0) is 12.1 Å². The average molecular weight is 388 g/mol. The van der Waals surface area contributed by atoms with Crippen molar-refractivity contribution in [3.8, 4) is 33.9 Å². The predicted molar refractivity (Wildman–Crippen MR) is 104 cm³/mol. The highest BCUT2D eigenvalue weighted by atomic mass is 79.9. The quantitative estimate of drug-likeness (QED) is 0.456. The molecule has 0 atom stereocenters. The Hall–Kier alpha value is -2.85. The predicted octanol–water partition coefficient (Wildman–Crippen LogP) is 5.64. The van der Waals surface area contributed by atoms with Crippen molar-refractivity contribution in [3.63, 3.8) is 0 Å². The summed E-state index contributed by atoms with van der Waals surface area (Å²) in [6.45, 7) is 0. The molecule has 0 saturated heterocycles. The van der Waals surface area contributed by atoms with E-state index in [-0.39, 0.29) is 0 Å². The van der Waals surface area contributed by atoms with Gasteiger partial charge in [-0.25, -0.2) is 4.98 Å². The van der Waals surface area contributed by atoms with Crippen LogP contribution in [0.5, 0.6) is 0 Å². The summed E-state index contributed by atoms with van der Waals surface area (Å²) in [7, 11) is 0. The van der Waals surface area contributed by atoms with Crippen LogP contribution < -0.4 is 0 Å². The Bertz CT molecular complexity index is 985. The zero-order valence-electron chi connectivity index (χ0n) is 13.3. The van der Waals surface area contributed by atoms with Crippen LogP contribution in [-0.4, -0.2) is 15.2 Å². The minimum atomic E-state index is 0.617. The van der Waals surface area contributed by atoms with E-state index in [0.717, 1.165) is 32.6 Å². The molecule has 3 aromatic carbocycles. The molecule has 0 aliphatic carbocycles. The molecule has 1 heterocycles. The maximum Gasteiger partial charge on any atom is 0.182 e. The van der Waals surface area contributed by atoms with Crippen molar-refractivity contribution in [1.82, 2.24) is 15.2 Å². The minimum Gasteiger partial charge on any atom is -0.224 e. The first kappa shape index (κ1) is 15.7. The molecule has 0 N–H and O–H groups in total. The third-order valence-corrected chi connectivity index (χ3v) is 4.41. The highest BCUT2D eigenvalue weighted by molar-refractivity contribution is 9.10. The molecular weight excluding hydrogens is 374 g/mol. The van der Waals surface area contributed by atoms with E-state index in [2.05, 4.69) is 26.1 Å². The van der Waals surface area contributed by atoms with E-state index in [1.807, 2.05) is 84.9 Å². The molecule has 4 aromatic rings. The number of hydrogen-bond donors (Lipinski definition) is 0. The topological polar surface area (TPSA) is 38.7 Å². The number of halogens is 1. The van der Waals surface area contributed by atoms with Crippen LogP contribution in [0.3, 0.4) is 0 Å². The van der Waals surface area contributed by atoms with Crippen molar-refractivity contribution in [2.45, 2.75) is 0 Å². The molecule has 0 spiro atoms. The number of benzene rings is 3. The van der Waals surface area contributed by atoms with E-state index in [0.29, 0.717) is 5.82 Å². The van der Waals surface area contributed by atoms with Crippen LogP contribution >= 0.6 is 15.9 Å². The lowest BCUT2D eigenvalue weighted by Crippen LogP contribution is -1.99. The fourth-order valence-corrected chi connectivity index (χ4v) is 2.90. The molecule has 1 aromatic heterocycles. The number of aromatic nitrogens is 3. The lowest BCUT2D eigenvalue weighted by atomic mass is 10.0. The van der Waals surface area contributed by atoms with Gasteiger partial charge in [0, 0.05) is 21.2 Å². The van der Waals surface area contributed by atoms with Crippen molar-refractivity contribution >= 4 is 15.9 Å². The van der Waals surface area contributed by atoms with Crippen molar-refractivity contribution in [2.24, 2.45) is 0 Å². The van der Waals surface area contributed by atoms with E-state index in [4.69, 9.17) is 4.98 Å². The van der Waals surface area contributed by atoms with Gasteiger partial charge in [0.05, 0.1) is 0 Å². The van der Waals surface area contributed by atoms with E-state index in [9.17, 15) is 0 Å². The summed E-state index contributed by atoms with van der Waals surface area (Å²) in [5.41, 5.74) is 4.58. The largest absolute Gasteiger partial charge is 0.224 e. The maximum absolute atomic E-state index is 4.83.